The molecule has 0 aliphatic rings. The van der Waals surface area contributed by atoms with Crippen molar-refractivity contribution < 1.29 is 9.53 Å². The van der Waals surface area contributed by atoms with Crippen molar-refractivity contribution in [2.24, 2.45) is 5.92 Å². The predicted octanol–water partition coefficient (Wildman–Crippen LogP) is 3.07. The molecule has 0 aliphatic heterocycles. The van der Waals surface area contributed by atoms with Crippen molar-refractivity contribution in [2.75, 3.05) is 6.61 Å². The van der Waals surface area contributed by atoms with Crippen molar-refractivity contribution in [1.82, 2.24) is 0 Å². The normalized spacial score (nSPS) is 10.4. The molecule has 0 aromatic carbocycles. The minimum absolute atomic E-state index is 0.535. The maximum atomic E-state index is 9.67. The van der Waals surface area contributed by atoms with Gasteiger partial charge in [0.05, 0.1) is 6.61 Å². The summed E-state index contributed by atoms with van der Waals surface area (Å²) < 4.78 is 4.47. The molecule has 0 aromatic rings. The Morgan fingerprint density at radius 1 is 1.08 bits per heavy atom. The lowest BCUT2D eigenvalue weighted by Crippen LogP contribution is -1.92. The minimum Gasteiger partial charge on any atom is -0.457 e. The van der Waals surface area contributed by atoms with Crippen LogP contribution in [0.2, 0.25) is 0 Å². The van der Waals surface area contributed by atoms with Gasteiger partial charge in [0.2, 0.25) is 0 Å². The van der Waals surface area contributed by atoms with Gasteiger partial charge in [-0.25, -0.2) is 4.79 Å². The second kappa shape index (κ2) is 9.56. The Hall–Kier alpha value is -0.530. The van der Waals surface area contributed by atoms with Gasteiger partial charge in [-0.2, -0.15) is 0 Å². The summed E-state index contributed by atoms with van der Waals surface area (Å²) in [5.41, 5.74) is 0. The van der Waals surface area contributed by atoms with Crippen LogP contribution in [0.15, 0.2) is 0 Å². The third-order valence-electron chi connectivity index (χ3n) is 2.09. The number of rotatable bonds is 9. The van der Waals surface area contributed by atoms with Crippen LogP contribution in [-0.4, -0.2) is 13.1 Å². The Bertz CT molecular complexity index is 111. The van der Waals surface area contributed by atoms with E-state index in [1.165, 1.54) is 38.6 Å². The van der Waals surface area contributed by atoms with E-state index in [0.717, 1.165) is 12.3 Å². The van der Waals surface area contributed by atoms with Crippen LogP contribution in [0.4, 0.5) is 0 Å². The van der Waals surface area contributed by atoms with E-state index in [0.29, 0.717) is 6.61 Å². The van der Waals surface area contributed by atoms with Crippen molar-refractivity contribution in [3.63, 3.8) is 0 Å². The Morgan fingerprint density at radius 3 is 2.31 bits per heavy atom. The van der Waals surface area contributed by atoms with Crippen LogP contribution in [0.1, 0.15) is 52.4 Å². The first-order valence-electron chi connectivity index (χ1n) is 5.26. The van der Waals surface area contributed by atoms with Gasteiger partial charge in [-0.1, -0.05) is 46.0 Å². The quantitative estimate of drug-likeness (QED) is 0.516. The summed E-state index contributed by atoms with van der Waals surface area (Å²) in [6.07, 6.45) is 7.38. The fraction of sp³-hybridized carbons (Fsp3) is 0.909. The summed E-state index contributed by atoms with van der Waals surface area (Å²) in [4.78, 5) is 9.67. The lowest BCUT2D eigenvalue weighted by molar-refractivity contribution is 0.268. The molecule has 0 amide bonds. The first-order chi connectivity index (χ1) is 6.27. The smallest absolute Gasteiger partial charge is 0.417 e. The van der Waals surface area contributed by atoms with E-state index in [2.05, 4.69) is 18.6 Å². The molecule has 2 nitrogen and oxygen atoms in total. The maximum Gasteiger partial charge on any atom is 0.417 e. The number of hydrogen-bond acceptors (Lipinski definition) is 2. The molecule has 2 heteroatoms. The molecule has 0 aliphatic carbocycles. The topological polar surface area (TPSA) is 26.3 Å². The number of hydrogen-bond donors (Lipinski definition) is 0. The van der Waals surface area contributed by atoms with E-state index in [4.69, 9.17) is 0 Å². The number of ether oxygens (including phenoxy) is 1. The van der Waals surface area contributed by atoms with Crippen LogP contribution in [0.25, 0.3) is 0 Å². The van der Waals surface area contributed by atoms with Crippen LogP contribution < -0.4 is 0 Å². The van der Waals surface area contributed by atoms with Crippen molar-refractivity contribution in [3.8, 4) is 0 Å². The highest BCUT2D eigenvalue weighted by Crippen LogP contribution is 2.10. The van der Waals surface area contributed by atoms with Crippen molar-refractivity contribution in [1.29, 1.82) is 0 Å². The summed E-state index contributed by atoms with van der Waals surface area (Å²) in [6, 6.07) is 0. The van der Waals surface area contributed by atoms with Gasteiger partial charge in [0.1, 0.15) is 0 Å². The molecule has 0 heterocycles. The molecule has 0 rings (SSSR count). The Kier molecular flexibility index (Phi) is 9.17. The third kappa shape index (κ3) is 11.5. The second-order valence-electron chi connectivity index (χ2n) is 3.88. The number of carbonyl (C=O) groups excluding carboxylic acids is 1. The zero-order valence-corrected chi connectivity index (χ0v) is 8.84. The lowest BCUT2D eigenvalue weighted by Gasteiger charge is -2.03. The molecule has 0 aromatic heterocycles. The van der Waals surface area contributed by atoms with Gasteiger partial charge in [0, 0.05) is 0 Å². The summed E-state index contributed by atoms with van der Waals surface area (Å²) in [7, 11) is 0. The third-order valence-corrected chi connectivity index (χ3v) is 2.09. The first-order valence-corrected chi connectivity index (χ1v) is 5.26. The van der Waals surface area contributed by atoms with E-state index in [1.54, 1.807) is 0 Å². The van der Waals surface area contributed by atoms with E-state index in [1.807, 2.05) is 0 Å². The van der Waals surface area contributed by atoms with Gasteiger partial charge < -0.3 is 4.74 Å². The summed E-state index contributed by atoms with van der Waals surface area (Å²) in [5.74, 6) is 0.827. The summed E-state index contributed by atoms with van der Waals surface area (Å²) >= 11 is 0. The van der Waals surface area contributed by atoms with Crippen molar-refractivity contribution in [2.45, 2.75) is 52.4 Å². The molecule has 0 fully saturated rings. The van der Waals surface area contributed by atoms with Crippen LogP contribution >= 0.6 is 0 Å². The second-order valence-corrected chi connectivity index (χ2v) is 3.88. The van der Waals surface area contributed by atoms with Gasteiger partial charge in [0.15, 0.2) is 0 Å². The molecule has 0 saturated carbocycles. The zero-order valence-electron chi connectivity index (χ0n) is 8.84. The molecule has 0 N–H and O–H groups in total. The van der Waals surface area contributed by atoms with Crippen LogP contribution in [0.3, 0.4) is 0 Å². The highest BCUT2D eigenvalue weighted by atomic mass is 16.5. The summed E-state index contributed by atoms with van der Waals surface area (Å²) in [6.45, 7) is 6.49. The van der Waals surface area contributed by atoms with Crippen LogP contribution in [0.5, 0.6) is 0 Å². The molecule has 0 saturated heterocycles. The van der Waals surface area contributed by atoms with Crippen LogP contribution in [0, 0.1) is 5.92 Å². The Morgan fingerprint density at radius 2 is 1.69 bits per heavy atom. The molecule has 77 valence electrons. The average Bonchev–Trinajstić information content (AvgIpc) is 2.09. The standard InChI is InChI=1S/C11H21O2/c1-11(2)8-6-4-3-5-7-9-13-10-12/h11H,3-9H2,1-2H3. The largest absolute Gasteiger partial charge is 0.457 e. The molecule has 0 unspecified atom stereocenters. The van der Waals surface area contributed by atoms with Gasteiger partial charge in [0.25, 0.3) is 0 Å². The zero-order chi connectivity index (χ0) is 9.94. The molecule has 1 radical (unpaired) electrons. The van der Waals surface area contributed by atoms with E-state index in [-0.39, 0.29) is 0 Å². The van der Waals surface area contributed by atoms with Gasteiger partial charge >= 0.3 is 6.47 Å². The average molecular weight is 185 g/mol. The van der Waals surface area contributed by atoms with Gasteiger partial charge in [-0.3, -0.25) is 0 Å². The predicted molar refractivity (Wildman–Crippen MR) is 54.2 cm³/mol. The molecular formula is C11H21O2. The van der Waals surface area contributed by atoms with Gasteiger partial charge in [-0.15, -0.1) is 0 Å². The molecule has 0 spiro atoms. The first kappa shape index (κ1) is 12.5. The highest BCUT2D eigenvalue weighted by molar-refractivity contribution is 5.37. The van der Waals surface area contributed by atoms with Crippen molar-refractivity contribution >= 4 is 6.47 Å². The van der Waals surface area contributed by atoms with Gasteiger partial charge in [-0.05, 0) is 12.3 Å². The summed E-state index contributed by atoms with van der Waals surface area (Å²) in [5, 5.41) is 0. The highest BCUT2D eigenvalue weighted by Gasteiger charge is 1.94. The monoisotopic (exact) mass is 185 g/mol. The number of unbranched alkanes of at least 4 members (excludes halogenated alkanes) is 4. The minimum atomic E-state index is 0.535. The molecule has 0 atom stereocenters. The van der Waals surface area contributed by atoms with Crippen LogP contribution in [-0.2, 0) is 9.53 Å². The Labute approximate surface area is 81.7 Å². The molecule has 13 heavy (non-hydrogen) atoms. The SMILES string of the molecule is CC(C)CCCCCCCO[C]=O. The van der Waals surface area contributed by atoms with E-state index >= 15 is 0 Å². The molecule has 0 bridgehead atoms. The van der Waals surface area contributed by atoms with Crippen molar-refractivity contribution in [3.05, 3.63) is 0 Å². The van der Waals surface area contributed by atoms with E-state index in [9.17, 15) is 4.79 Å². The Balaban J connectivity index is 2.87. The maximum absolute atomic E-state index is 9.67. The fourth-order valence-electron chi connectivity index (χ4n) is 1.30. The fourth-order valence-corrected chi connectivity index (χ4v) is 1.30. The molecular weight excluding hydrogens is 164 g/mol. The lowest BCUT2D eigenvalue weighted by atomic mass is 10.0. The van der Waals surface area contributed by atoms with E-state index < -0.39 is 0 Å².